The Hall–Kier alpha value is -3.20. The minimum absolute atomic E-state index is 0.0282. The highest BCUT2D eigenvalue weighted by Gasteiger charge is 2.25. The highest BCUT2D eigenvalue weighted by atomic mass is 16.3. The van der Waals surface area contributed by atoms with E-state index >= 15 is 0 Å². The van der Waals surface area contributed by atoms with Crippen LogP contribution < -0.4 is 10.5 Å². The number of hydrogen-bond donors (Lipinski definition) is 2. The number of benzene rings is 1. The Morgan fingerprint density at radius 1 is 1.36 bits per heavy atom. The molecule has 0 unspecified atom stereocenters. The van der Waals surface area contributed by atoms with E-state index in [2.05, 4.69) is 15.0 Å². The van der Waals surface area contributed by atoms with Gasteiger partial charge in [0.05, 0.1) is 36.2 Å². The van der Waals surface area contributed by atoms with Gasteiger partial charge in [0.25, 0.3) is 11.5 Å². The summed E-state index contributed by atoms with van der Waals surface area (Å²) in [5.74, 6) is 0.367. The van der Waals surface area contributed by atoms with E-state index in [9.17, 15) is 9.59 Å². The molecule has 9 heteroatoms. The largest absolute Gasteiger partial charge is 0.395 e. The number of imidazole rings is 1. The van der Waals surface area contributed by atoms with Crippen LogP contribution in [0.4, 0.5) is 5.95 Å². The molecule has 4 rings (SSSR count). The van der Waals surface area contributed by atoms with E-state index < -0.39 is 0 Å². The predicted molar refractivity (Wildman–Crippen MR) is 104 cm³/mol. The standard InChI is InChI=1S/C19H22N6O3/c1-23(2)19-21-15-10-24(6-5-13(15)17(27)22-19)18(28)12-3-4-16-14(9-12)20-11-25(16)7-8-26/h3-4,9,11,26H,5-8,10H2,1-2H3,(H,21,22,27). The van der Waals surface area contributed by atoms with Crippen LogP contribution >= 0.6 is 0 Å². The number of aromatic amines is 1. The minimum atomic E-state index is -0.142. The molecule has 1 aliphatic heterocycles. The molecule has 28 heavy (non-hydrogen) atoms. The molecule has 9 nitrogen and oxygen atoms in total. The second-order valence-electron chi connectivity index (χ2n) is 7.05. The van der Waals surface area contributed by atoms with Crippen LogP contribution in [0.2, 0.25) is 0 Å². The highest BCUT2D eigenvalue weighted by molar-refractivity contribution is 5.97. The number of hydrogen-bond acceptors (Lipinski definition) is 6. The van der Waals surface area contributed by atoms with Crippen molar-refractivity contribution in [3.63, 3.8) is 0 Å². The van der Waals surface area contributed by atoms with Crippen molar-refractivity contribution in [2.45, 2.75) is 19.5 Å². The van der Waals surface area contributed by atoms with Gasteiger partial charge in [0.15, 0.2) is 0 Å². The van der Waals surface area contributed by atoms with Crippen molar-refractivity contribution < 1.29 is 9.90 Å². The fourth-order valence-electron chi connectivity index (χ4n) is 3.48. The van der Waals surface area contributed by atoms with Gasteiger partial charge in [-0.25, -0.2) is 9.97 Å². The number of amides is 1. The molecule has 146 valence electrons. The van der Waals surface area contributed by atoms with Crippen LogP contribution in [0, 0.1) is 0 Å². The lowest BCUT2D eigenvalue weighted by Gasteiger charge is -2.28. The molecule has 0 saturated carbocycles. The van der Waals surface area contributed by atoms with Gasteiger partial charge in [-0.2, -0.15) is 0 Å². The third kappa shape index (κ3) is 3.13. The summed E-state index contributed by atoms with van der Waals surface area (Å²) in [5.41, 5.74) is 3.27. The number of aliphatic hydroxyl groups excluding tert-OH is 1. The topological polar surface area (TPSA) is 107 Å². The van der Waals surface area contributed by atoms with Crippen LogP contribution in [0.25, 0.3) is 11.0 Å². The van der Waals surface area contributed by atoms with Crippen LogP contribution in [0.1, 0.15) is 21.6 Å². The number of nitrogens with zero attached hydrogens (tertiary/aromatic N) is 5. The quantitative estimate of drug-likeness (QED) is 0.675. The zero-order valence-electron chi connectivity index (χ0n) is 15.8. The normalized spacial score (nSPS) is 13.6. The first-order valence-corrected chi connectivity index (χ1v) is 9.12. The molecule has 0 atom stereocenters. The average molecular weight is 382 g/mol. The first-order valence-electron chi connectivity index (χ1n) is 9.12. The smallest absolute Gasteiger partial charge is 0.255 e. The monoisotopic (exact) mass is 382 g/mol. The van der Waals surface area contributed by atoms with Crippen molar-refractivity contribution in [1.82, 2.24) is 24.4 Å². The van der Waals surface area contributed by atoms with Gasteiger partial charge < -0.3 is 19.5 Å². The van der Waals surface area contributed by atoms with Crippen molar-refractivity contribution in [3.05, 3.63) is 51.7 Å². The van der Waals surface area contributed by atoms with Gasteiger partial charge >= 0.3 is 0 Å². The van der Waals surface area contributed by atoms with Gasteiger partial charge in [-0.05, 0) is 24.6 Å². The zero-order chi connectivity index (χ0) is 19.8. The van der Waals surface area contributed by atoms with Crippen LogP contribution in [-0.4, -0.2) is 62.7 Å². The highest BCUT2D eigenvalue weighted by Crippen LogP contribution is 2.20. The van der Waals surface area contributed by atoms with Gasteiger partial charge in [0.2, 0.25) is 5.95 Å². The predicted octanol–water partition coefficient (Wildman–Crippen LogP) is 0.376. The van der Waals surface area contributed by atoms with Crippen molar-refractivity contribution in [1.29, 1.82) is 0 Å². The van der Waals surface area contributed by atoms with E-state index in [1.165, 1.54) is 0 Å². The van der Waals surface area contributed by atoms with Crippen LogP contribution in [0.5, 0.6) is 0 Å². The molecule has 1 amide bonds. The molecule has 0 aliphatic carbocycles. The Morgan fingerprint density at radius 3 is 2.93 bits per heavy atom. The fraction of sp³-hybridized carbons (Fsp3) is 0.368. The fourth-order valence-corrected chi connectivity index (χ4v) is 3.48. The van der Waals surface area contributed by atoms with Crippen molar-refractivity contribution >= 4 is 22.9 Å². The molecule has 0 radical (unpaired) electrons. The zero-order valence-corrected chi connectivity index (χ0v) is 15.8. The maximum absolute atomic E-state index is 13.0. The minimum Gasteiger partial charge on any atom is -0.395 e. The molecule has 2 N–H and O–H groups in total. The summed E-state index contributed by atoms with van der Waals surface area (Å²) >= 11 is 0. The molecular weight excluding hydrogens is 360 g/mol. The second kappa shape index (κ2) is 7.08. The van der Waals surface area contributed by atoms with E-state index in [1.54, 1.807) is 28.3 Å². The summed E-state index contributed by atoms with van der Waals surface area (Å²) in [5, 5.41) is 9.12. The summed E-state index contributed by atoms with van der Waals surface area (Å²) in [7, 11) is 3.61. The van der Waals surface area contributed by atoms with E-state index in [4.69, 9.17) is 5.11 Å². The second-order valence-corrected chi connectivity index (χ2v) is 7.05. The number of nitrogens with one attached hydrogen (secondary N) is 1. The van der Waals surface area contributed by atoms with Crippen molar-refractivity contribution in [2.75, 3.05) is 32.1 Å². The Kier molecular flexibility index (Phi) is 4.60. The SMILES string of the molecule is CN(C)c1nc2c(c(=O)[nH]1)CCN(C(=O)c1ccc3c(c1)ncn3CCO)C2. The van der Waals surface area contributed by atoms with E-state index in [1.807, 2.05) is 24.7 Å². The van der Waals surface area contributed by atoms with Gasteiger partial charge in [-0.1, -0.05) is 0 Å². The summed E-state index contributed by atoms with van der Waals surface area (Å²) in [6.45, 7) is 1.26. The van der Waals surface area contributed by atoms with Gasteiger partial charge in [0, 0.05) is 38.3 Å². The van der Waals surface area contributed by atoms with Crippen LogP contribution in [0.3, 0.4) is 0 Å². The molecule has 2 aromatic heterocycles. The molecule has 0 bridgehead atoms. The summed E-state index contributed by atoms with van der Waals surface area (Å²) in [6.07, 6.45) is 2.13. The lowest BCUT2D eigenvalue weighted by Crippen LogP contribution is -2.39. The number of anilines is 1. The summed E-state index contributed by atoms with van der Waals surface area (Å²) in [6, 6.07) is 5.37. The maximum Gasteiger partial charge on any atom is 0.255 e. The van der Waals surface area contributed by atoms with Crippen LogP contribution in [-0.2, 0) is 19.5 Å². The van der Waals surface area contributed by atoms with Crippen LogP contribution in [0.15, 0.2) is 29.3 Å². The first-order chi connectivity index (χ1) is 13.5. The number of aromatic nitrogens is 4. The van der Waals surface area contributed by atoms with E-state index in [0.29, 0.717) is 54.3 Å². The summed E-state index contributed by atoms with van der Waals surface area (Å²) in [4.78, 5) is 40.3. The molecule has 3 aromatic rings. The Bertz CT molecular complexity index is 1100. The molecule has 0 fully saturated rings. The molecule has 1 aliphatic rings. The Balaban J connectivity index is 1.61. The number of carbonyl (C=O) groups is 1. The van der Waals surface area contributed by atoms with Gasteiger partial charge in [-0.3, -0.25) is 14.6 Å². The van der Waals surface area contributed by atoms with Gasteiger partial charge in [-0.15, -0.1) is 0 Å². The lowest BCUT2D eigenvalue weighted by atomic mass is 10.1. The number of carbonyl (C=O) groups excluding carboxylic acids is 1. The third-order valence-corrected chi connectivity index (χ3v) is 4.98. The molecule has 3 heterocycles. The van der Waals surface area contributed by atoms with E-state index in [-0.39, 0.29) is 18.1 Å². The third-order valence-electron chi connectivity index (χ3n) is 4.98. The number of aliphatic hydroxyl groups is 1. The summed E-state index contributed by atoms with van der Waals surface area (Å²) < 4.78 is 1.85. The van der Waals surface area contributed by atoms with Gasteiger partial charge in [0.1, 0.15) is 0 Å². The average Bonchev–Trinajstić information content (AvgIpc) is 3.09. The molecule has 0 saturated heterocycles. The number of H-pyrrole nitrogens is 1. The van der Waals surface area contributed by atoms with Crippen molar-refractivity contribution in [3.8, 4) is 0 Å². The van der Waals surface area contributed by atoms with E-state index in [0.717, 1.165) is 5.52 Å². The van der Waals surface area contributed by atoms with Crippen molar-refractivity contribution in [2.24, 2.45) is 0 Å². The lowest BCUT2D eigenvalue weighted by molar-refractivity contribution is 0.0731. The number of rotatable bonds is 4. The Labute approximate surface area is 161 Å². The maximum atomic E-state index is 13.0. The molecule has 0 spiro atoms. The molecular formula is C19H22N6O3. The Morgan fingerprint density at radius 2 is 2.18 bits per heavy atom. The number of fused-ring (bicyclic) bond motifs is 2. The molecule has 1 aromatic carbocycles. The first kappa shape index (κ1) is 18.2.